The summed E-state index contributed by atoms with van der Waals surface area (Å²) >= 11 is 0. The van der Waals surface area contributed by atoms with Gasteiger partial charge in [-0.05, 0) is 18.2 Å². The van der Waals surface area contributed by atoms with Gasteiger partial charge in [-0.3, -0.25) is 4.98 Å². The Balaban J connectivity index is 2.10. The van der Waals surface area contributed by atoms with E-state index >= 15 is 0 Å². The van der Waals surface area contributed by atoms with Crippen LogP contribution in [0.2, 0.25) is 0 Å². The van der Waals surface area contributed by atoms with Crippen LogP contribution in [0.5, 0.6) is 0 Å². The molecule has 17 heavy (non-hydrogen) atoms. The van der Waals surface area contributed by atoms with Crippen molar-refractivity contribution in [2.24, 2.45) is 0 Å². The number of hydrogen-bond donors (Lipinski definition) is 1. The maximum atomic E-state index is 5.08. The molecule has 0 saturated carbocycles. The van der Waals surface area contributed by atoms with Crippen molar-refractivity contribution < 1.29 is 4.74 Å². The van der Waals surface area contributed by atoms with Crippen LogP contribution in [-0.2, 0) is 11.3 Å². The van der Waals surface area contributed by atoms with Gasteiger partial charge in [-0.15, -0.1) is 0 Å². The number of likely N-dealkylation sites (N-methyl/N-ethyl adjacent to an activating group) is 1. The zero-order valence-corrected chi connectivity index (χ0v) is 10.9. The maximum absolute atomic E-state index is 5.08. The fraction of sp³-hybridized carbons (Fsp3) is 0.615. The average molecular weight is 237 g/mol. The summed E-state index contributed by atoms with van der Waals surface area (Å²) in [6.45, 7) is 7.98. The van der Waals surface area contributed by atoms with Crippen LogP contribution in [0.1, 0.15) is 12.5 Å². The van der Waals surface area contributed by atoms with Gasteiger partial charge in [0, 0.05) is 45.7 Å². The first-order valence-electron chi connectivity index (χ1n) is 6.17. The van der Waals surface area contributed by atoms with Gasteiger partial charge < -0.3 is 15.0 Å². The van der Waals surface area contributed by atoms with Crippen LogP contribution in [0.3, 0.4) is 0 Å². The normalized spacial score (nSPS) is 11.0. The number of hydrogen-bond acceptors (Lipinski definition) is 4. The maximum Gasteiger partial charge on any atom is 0.0589 e. The standard InChI is InChI=1S/C13H23N3O/c1-3-16(9-10-17-2)8-7-15-12-13-5-4-6-14-11-13/h4-6,11,15H,3,7-10,12H2,1-2H3. The van der Waals surface area contributed by atoms with Crippen molar-refractivity contribution in [3.8, 4) is 0 Å². The zero-order valence-electron chi connectivity index (χ0n) is 10.9. The average Bonchev–Trinajstić information content (AvgIpc) is 2.39. The SMILES string of the molecule is CCN(CCNCc1cccnc1)CCOC. The second-order valence-corrected chi connectivity index (χ2v) is 3.97. The quantitative estimate of drug-likeness (QED) is 0.654. The molecule has 1 aromatic heterocycles. The highest BCUT2D eigenvalue weighted by molar-refractivity contribution is 5.07. The van der Waals surface area contributed by atoms with Gasteiger partial charge >= 0.3 is 0 Å². The molecule has 1 aromatic rings. The van der Waals surface area contributed by atoms with Crippen LogP contribution in [0.25, 0.3) is 0 Å². The minimum Gasteiger partial charge on any atom is -0.383 e. The summed E-state index contributed by atoms with van der Waals surface area (Å²) in [5.74, 6) is 0. The summed E-state index contributed by atoms with van der Waals surface area (Å²) in [5.41, 5.74) is 1.23. The van der Waals surface area contributed by atoms with Gasteiger partial charge in [0.25, 0.3) is 0 Å². The van der Waals surface area contributed by atoms with Crippen LogP contribution in [-0.4, -0.2) is 49.8 Å². The Labute approximate surface area is 104 Å². The Morgan fingerprint density at radius 2 is 2.29 bits per heavy atom. The van der Waals surface area contributed by atoms with E-state index in [0.29, 0.717) is 0 Å². The molecule has 0 aromatic carbocycles. The monoisotopic (exact) mass is 237 g/mol. The third kappa shape index (κ3) is 6.36. The van der Waals surface area contributed by atoms with Crippen LogP contribution in [0.4, 0.5) is 0 Å². The van der Waals surface area contributed by atoms with E-state index < -0.39 is 0 Å². The van der Waals surface area contributed by atoms with Crippen LogP contribution >= 0.6 is 0 Å². The number of nitrogens with one attached hydrogen (secondary N) is 1. The van der Waals surface area contributed by atoms with Crippen molar-refractivity contribution in [2.75, 3.05) is 39.9 Å². The first-order valence-corrected chi connectivity index (χ1v) is 6.17. The largest absolute Gasteiger partial charge is 0.383 e. The van der Waals surface area contributed by atoms with Gasteiger partial charge in [0.15, 0.2) is 0 Å². The molecule has 0 fully saturated rings. The van der Waals surface area contributed by atoms with E-state index in [1.54, 1.807) is 13.3 Å². The molecule has 0 unspecified atom stereocenters. The predicted octanol–water partition coefficient (Wildman–Crippen LogP) is 1.14. The molecule has 0 aliphatic rings. The Bertz CT molecular complexity index is 279. The Kier molecular flexibility index (Phi) is 7.54. The predicted molar refractivity (Wildman–Crippen MR) is 69.9 cm³/mol. The van der Waals surface area contributed by atoms with E-state index in [1.807, 2.05) is 12.3 Å². The first kappa shape index (κ1) is 14.1. The summed E-state index contributed by atoms with van der Waals surface area (Å²) in [4.78, 5) is 6.46. The number of methoxy groups -OCH3 is 1. The van der Waals surface area contributed by atoms with Crippen molar-refractivity contribution in [3.05, 3.63) is 30.1 Å². The molecular formula is C13H23N3O. The van der Waals surface area contributed by atoms with Crippen molar-refractivity contribution in [1.82, 2.24) is 15.2 Å². The summed E-state index contributed by atoms with van der Waals surface area (Å²) in [7, 11) is 1.74. The number of rotatable bonds is 9. The number of pyridine rings is 1. The molecule has 0 aliphatic carbocycles. The van der Waals surface area contributed by atoms with Crippen LogP contribution < -0.4 is 5.32 Å². The molecule has 1 rings (SSSR count). The minimum absolute atomic E-state index is 0.802. The molecular weight excluding hydrogens is 214 g/mol. The van der Waals surface area contributed by atoms with Gasteiger partial charge in [-0.1, -0.05) is 13.0 Å². The van der Waals surface area contributed by atoms with Gasteiger partial charge in [0.2, 0.25) is 0 Å². The van der Waals surface area contributed by atoms with Crippen LogP contribution in [0.15, 0.2) is 24.5 Å². The summed E-state index contributed by atoms with van der Waals surface area (Å²) in [6.07, 6.45) is 3.70. The highest BCUT2D eigenvalue weighted by Crippen LogP contribution is 1.94. The smallest absolute Gasteiger partial charge is 0.0589 e. The van der Waals surface area contributed by atoms with Gasteiger partial charge in [0.1, 0.15) is 0 Å². The molecule has 0 amide bonds. The highest BCUT2D eigenvalue weighted by Gasteiger charge is 2.00. The number of nitrogens with zero attached hydrogens (tertiary/aromatic N) is 2. The molecule has 0 atom stereocenters. The first-order chi connectivity index (χ1) is 8.36. The van der Waals surface area contributed by atoms with E-state index in [0.717, 1.165) is 39.3 Å². The Morgan fingerprint density at radius 1 is 1.41 bits per heavy atom. The molecule has 1 heterocycles. The highest BCUT2D eigenvalue weighted by atomic mass is 16.5. The van der Waals surface area contributed by atoms with E-state index in [4.69, 9.17) is 4.74 Å². The molecule has 0 saturated heterocycles. The second-order valence-electron chi connectivity index (χ2n) is 3.97. The van der Waals surface area contributed by atoms with Gasteiger partial charge in [-0.25, -0.2) is 0 Å². The zero-order chi connectivity index (χ0) is 12.3. The lowest BCUT2D eigenvalue weighted by Gasteiger charge is -2.19. The third-order valence-corrected chi connectivity index (χ3v) is 2.72. The molecule has 0 aliphatic heterocycles. The lowest BCUT2D eigenvalue weighted by molar-refractivity contribution is 0.151. The summed E-state index contributed by atoms with van der Waals surface area (Å²) < 4.78 is 5.08. The fourth-order valence-corrected chi connectivity index (χ4v) is 1.62. The lowest BCUT2D eigenvalue weighted by Crippen LogP contribution is -2.34. The Morgan fingerprint density at radius 3 is 2.94 bits per heavy atom. The molecule has 4 nitrogen and oxygen atoms in total. The molecule has 0 radical (unpaired) electrons. The van der Waals surface area contributed by atoms with E-state index in [-0.39, 0.29) is 0 Å². The van der Waals surface area contributed by atoms with Crippen molar-refractivity contribution in [2.45, 2.75) is 13.5 Å². The number of aromatic nitrogens is 1. The molecule has 4 heteroatoms. The van der Waals surface area contributed by atoms with Gasteiger partial charge in [-0.2, -0.15) is 0 Å². The third-order valence-electron chi connectivity index (χ3n) is 2.72. The van der Waals surface area contributed by atoms with E-state index in [2.05, 4.69) is 28.2 Å². The van der Waals surface area contributed by atoms with Crippen LogP contribution in [0, 0.1) is 0 Å². The molecule has 0 spiro atoms. The summed E-state index contributed by atoms with van der Waals surface area (Å²) in [5, 5.41) is 3.42. The van der Waals surface area contributed by atoms with Crippen molar-refractivity contribution >= 4 is 0 Å². The topological polar surface area (TPSA) is 37.4 Å². The molecule has 1 N–H and O–H groups in total. The van der Waals surface area contributed by atoms with Gasteiger partial charge in [0.05, 0.1) is 6.61 Å². The Hall–Kier alpha value is -0.970. The van der Waals surface area contributed by atoms with Crippen molar-refractivity contribution in [1.29, 1.82) is 0 Å². The molecule has 0 bridgehead atoms. The lowest BCUT2D eigenvalue weighted by atomic mass is 10.3. The summed E-state index contributed by atoms with van der Waals surface area (Å²) in [6, 6.07) is 4.05. The van der Waals surface area contributed by atoms with Crippen molar-refractivity contribution in [3.63, 3.8) is 0 Å². The van der Waals surface area contributed by atoms with E-state index in [9.17, 15) is 0 Å². The number of ether oxygens (including phenoxy) is 1. The molecule has 96 valence electrons. The second kappa shape index (κ2) is 9.10. The van der Waals surface area contributed by atoms with E-state index in [1.165, 1.54) is 5.56 Å². The fourth-order valence-electron chi connectivity index (χ4n) is 1.62. The minimum atomic E-state index is 0.802.